The number of thiazole rings is 1. The lowest BCUT2D eigenvalue weighted by Gasteiger charge is -2.20. The minimum absolute atomic E-state index is 0.0737. The summed E-state index contributed by atoms with van der Waals surface area (Å²) in [7, 11) is 0. The van der Waals surface area contributed by atoms with Crippen LogP contribution in [-0.4, -0.2) is 22.4 Å². The number of carbonyl (C=O) groups excluding carboxylic acids is 1. The maximum atomic E-state index is 12.4. The minimum Gasteiger partial charge on any atom is -0.375 e. The van der Waals surface area contributed by atoms with Crippen molar-refractivity contribution < 1.29 is 4.79 Å². The Morgan fingerprint density at radius 3 is 2.61 bits per heavy atom. The van der Waals surface area contributed by atoms with Gasteiger partial charge in [0.2, 0.25) is 0 Å². The highest BCUT2D eigenvalue weighted by Gasteiger charge is 2.21. The molecule has 0 spiro atoms. The molecule has 1 amide bonds. The average molecular weight is 262 g/mol. The number of amides is 1. The SMILES string of the molecule is CCN(C(=O)c1sc(N)nc1C)c1ccncc1. The van der Waals surface area contributed by atoms with Crippen molar-refractivity contribution in [3.63, 3.8) is 0 Å². The number of nitrogens with zero attached hydrogens (tertiary/aromatic N) is 3. The Labute approximate surface area is 109 Å². The van der Waals surface area contributed by atoms with Crippen LogP contribution < -0.4 is 10.6 Å². The first-order chi connectivity index (χ1) is 8.63. The predicted molar refractivity (Wildman–Crippen MR) is 72.9 cm³/mol. The topological polar surface area (TPSA) is 72.1 Å². The summed E-state index contributed by atoms with van der Waals surface area (Å²) in [5.74, 6) is -0.0737. The smallest absolute Gasteiger partial charge is 0.270 e. The van der Waals surface area contributed by atoms with Gasteiger partial charge < -0.3 is 10.6 Å². The van der Waals surface area contributed by atoms with Crippen molar-refractivity contribution in [2.24, 2.45) is 0 Å². The van der Waals surface area contributed by atoms with Gasteiger partial charge in [-0.1, -0.05) is 11.3 Å². The first kappa shape index (κ1) is 12.5. The maximum absolute atomic E-state index is 12.4. The van der Waals surface area contributed by atoms with Crippen LogP contribution in [-0.2, 0) is 0 Å². The molecule has 0 aromatic carbocycles. The molecule has 2 aromatic heterocycles. The van der Waals surface area contributed by atoms with Gasteiger partial charge in [0.05, 0.1) is 5.69 Å². The summed E-state index contributed by atoms with van der Waals surface area (Å²) >= 11 is 1.22. The van der Waals surface area contributed by atoms with Gasteiger partial charge >= 0.3 is 0 Å². The Kier molecular flexibility index (Phi) is 3.57. The molecule has 0 fully saturated rings. The Bertz CT molecular complexity index is 552. The minimum atomic E-state index is -0.0737. The Morgan fingerprint density at radius 1 is 1.44 bits per heavy atom. The van der Waals surface area contributed by atoms with Crippen LogP contribution in [0.2, 0.25) is 0 Å². The van der Waals surface area contributed by atoms with Gasteiger partial charge in [-0.3, -0.25) is 9.78 Å². The van der Waals surface area contributed by atoms with Crippen LogP contribution in [0.5, 0.6) is 0 Å². The highest BCUT2D eigenvalue weighted by Crippen LogP contribution is 2.24. The molecule has 18 heavy (non-hydrogen) atoms. The molecule has 0 radical (unpaired) electrons. The lowest BCUT2D eigenvalue weighted by Crippen LogP contribution is -2.30. The summed E-state index contributed by atoms with van der Waals surface area (Å²) in [6.45, 7) is 4.30. The number of hydrogen-bond acceptors (Lipinski definition) is 5. The third-order valence-electron chi connectivity index (χ3n) is 2.54. The van der Waals surface area contributed by atoms with E-state index in [2.05, 4.69) is 9.97 Å². The predicted octanol–water partition coefficient (Wildman–Crippen LogP) is 2.10. The summed E-state index contributed by atoms with van der Waals surface area (Å²) in [4.78, 5) is 22.7. The molecule has 0 aliphatic heterocycles. The molecule has 0 unspecified atom stereocenters. The largest absolute Gasteiger partial charge is 0.375 e. The average Bonchev–Trinajstić information content (AvgIpc) is 2.70. The van der Waals surface area contributed by atoms with Gasteiger partial charge in [-0.2, -0.15) is 0 Å². The first-order valence-corrected chi connectivity index (χ1v) is 6.40. The van der Waals surface area contributed by atoms with Gasteiger partial charge in [0.25, 0.3) is 5.91 Å². The van der Waals surface area contributed by atoms with E-state index in [1.54, 1.807) is 36.4 Å². The van der Waals surface area contributed by atoms with Gasteiger partial charge in [-0.15, -0.1) is 0 Å². The third-order valence-corrected chi connectivity index (χ3v) is 3.52. The van der Waals surface area contributed by atoms with Crippen LogP contribution in [0.1, 0.15) is 22.3 Å². The molecule has 0 atom stereocenters. The fraction of sp³-hybridized carbons (Fsp3) is 0.250. The molecule has 2 heterocycles. The van der Waals surface area contributed by atoms with Gasteiger partial charge in [0, 0.05) is 24.6 Å². The van der Waals surface area contributed by atoms with Gasteiger partial charge in [0.1, 0.15) is 4.88 Å². The molecule has 0 saturated carbocycles. The van der Waals surface area contributed by atoms with Crippen LogP contribution >= 0.6 is 11.3 Å². The third kappa shape index (κ3) is 2.33. The van der Waals surface area contributed by atoms with E-state index in [1.165, 1.54) is 11.3 Å². The molecule has 2 aromatic rings. The van der Waals surface area contributed by atoms with Crippen molar-refractivity contribution in [2.75, 3.05) is 17.2 Å². The fourth-order valence-electron chi connectivity index (χ4n) is 1.71. The molecule has 0 aliphatic rings. The number of aryl methyl sites for hydroxylation is 1. The second-order valence-electron chi connectivity index (χ2n) is 3.72. The summed E-state index contributed by atoms with van der Waals surface area (Å²) in [6, 6.07) is 3.61. The highest BCUT2D eigenvalue weighted by molar-refractivity contribution is 7.17. The summed E-state index contributed by atoms with van der Waals surface area (Å²) in [5.41, 5.74) is 7.12. The van der Waals surface area contributed by atoms with Crippen molar-refractivity contribution in [1.82, 2.24) is 9.97 Å². The highest BCUT2D eigenvalue weighted by atomic mass is 32.1. The molecule has 6 heteroatoms. The van der Waals surface area contributed by atoms with Crippen molar-refractivity contribution in [2.45, 2.75) is 13.8 Å². The zero-order valence-corrected chi connectivity index (χ0v) is 11.1. The Balaban J connectivity index is 2.34. The molecule has 2 rings (SSSR count). The van der Waals surface area contributed by atoms with Crippen molar-refractivity contribution in [3.8, 4) is 0 Å². The number of nitrogen functional groups attached to an aromatic ring is 1. The van der Waals surface area contributed by atoms with Crippen LogP contribution in [0.15, 0.2) is 24.5 Å². The van der Waals surface area contributed by atoms with E-state index in [1.807, 2.05) is 6.92 Å². The Hall–Kier alpha value is -1.95. The van der Waals surface area contributed by atoms with E-state index in [9.17, 15) is 4.79 Å². The van der Waals surface area contributed by atoms with Gasteiger partial charge in [-0.05, 0) is 26.0 Å². The van der Waals surface area contributed by atoms with E-state index in [-0.39, 0.29) is 5.91 Å². The Morgan fingerprint density at radius 2 is 2.11 bits per heavy atom. The van der Waals surface area contributed by atoms with E-state index < -0.39 is 0 Å². The normalized spacial score (nSPS) is 10.3. The first-order valence-electron chi connectivity index (χ1n) is 5.58. The molecule has 94 valence electrons. The zero-order chi connectivity index (χ0) is 13.1. The molecule has 0 aliphatic carbocycles. The molecular formula is C12H14N4OS. The van der Waals surface area contributed by atoms with Gasteiger partial charge in [0.15, 0.2) is 5.13 Å². The van der Waals surface area contributed by atoms with Crippen molar-refractivity contribution in [1.29, 1.82) is 0 Å². The number of nitrogens with two attached hydrogens (primary N) is 1. The van der Waals surface area contributed by atoms with Crippen LogP contribution in [0.3, 0.4) is 0 Å². The zero-order valence-electron chi connectivity index (χ0n) is 10.3. The van der Waals surface area contributed by atoms with E-state index in [0.29, 0.717) is 22.2 Å². The molecule has 0 saturated heterocycles. The lowest BCUT2D eigenvalue weighted by molar-refractivity contribution is 0.0991. The van der Waals surface area contributed by atoms with Gasteiger partial charge in [-0.25, -0.2) is 4.98 Å². The van der Waals surface area contributed by atoms with E-state index in [4.69, 9.17) is 5.73 Å². The fourth-order valence-corrected chi connectivity index (χ4v) is 2.49. The quantitative estimate of drug-likeness (QED) is 0.919. The molecular weight excluding hydrogens is 248 g/mol. The number of anilines is 2. The molecule has 5 nitrogen and oxygen atoms in total. The number of hydrogen-bond donors (Lipinski definition) is 1. The number of carbonyl (C=O) groups is 1. The van der Waals surface area contributed by atoms with Crippen LogP contribution in [0, 0.1) is 6.92 Å². The monoisotopic (exact) mass is 262 g/mol. The summed E-state index contributed by atoms with van der Waals surface area (Å²) < 4.78 is 0. The maximum Gasteiger partial charge on any atom is 0.270 e. The second-order valence-corrected chi connectivity index (χ2v) is 4.75. The standard InChI is InChI=1S/C12H14N4OS/c1-3-16(9-4-6-14-7-5-9)11(17)10-8(2)15-12(13)18-10/h4-7H,3H2,1-2H3,(H2,13,15). The summed E-state index contributed by atoms with van der Waals surface area (Å²) in [6.07, 6.45) is 3.33. The lowest BCUT2D eigenvalue weighted by atomic mass is 10.3. The van der Waals surface area contributed by atoms with Crippen LogP contribution in [0.4, 0.5) is 10.8 Å². The number of rotatable bonds is 3. The molecule has 2 N–H and O–H groups in total. The molecule has 0 bridgehead atoms. The number of pyridine rings is 1. The van der Waals surface area contributed by atoms with E-state index in [0.717, 1.165) is 5.69 Å². The van der Waals surface area contributed by atoms with Crippen molar-refractivity contribution in [3.05, 3.63) is 35.1 Å². The second kappa shape index (κ2) is 5.14. The van der Waals surface area contributed by atoms with Crippen LogP contribution in [0.25, 0.3) is 0 Å². The summed E-state index contributed by atoms with van der Waals surface area (Å²) in [5, 5.41) is 0.418. The van der Waals surface area contributed by atoms with Crippen molar-refractivity contribution >= 4 is 28.1 Å². The number of aromatic nitrogens is 2. The van der Waals surface area contributed by atoms with E-state index >= 15 is 0 Å².